The van der Waals surface area contributed by atoms with Crippen molar-refractivity contribution in [1.82, 2.24) is 19.7 Å². The smallest absolute Gasteiger partial charge is 0.228 e. The zero-order chi connectivity index (χ0) is 17.3. The molecule has 0 saturated carbocycles. The van der Waals surface area contributed by atoms with Crippen LogP contribution in [0.1, 0.15) is 59.9 Å². The fourth-order valence-corrected chi connectivity index (χ4v) is 4.15. The van der Waals surface area contributed by atoms with Crippen LogP contribution in [0, 0.1) is 13.8 Å². The van der Waals surface area contributed by atoms with Gasteiger partial charge in [-0.05, 0) is 46.6 Å². The Morgan fingerprint density at radius 1 is 1.42 bits per heavy atom. The van der Waals surface area contributed by atoms with Gasteiger partial charge in [0.2, 0.25) is 5.91 Å². The van der Waals surface area contributed by atoms with E-state index in [1.807, 2.05) is 21.8 Å². The van der Waals surface area contributed by atoms with Crippen molar-refractivity contribution in [3.8, 4) is 0 Å². The Labute approximate surface area is 147 Å². The molecule has 1 saturated heterocycles. The molecule has 3 rings (SSSR count). The van der Waals surface area contributed by atoms with Crippen LogP contribution >= 0.6 is 11.3 Å². The zero-order valence-corrected chi connectivity index (χ0v) is 15.8. The third-order valence-corrected chi connectivity index (χ3v) is 5.93. The highest BCUT2D eigenvalue weighted by Crippen LogP contribution is 2.31. The normalized spacial score (nSPS) is 18.4. The van der Waals surface area contributed by atoms with Crippen LogP contribution in [0.15, 0.2) is 12.3 Å². The second-order valence-corrected chi connectivity index (χ2v) is 8.16. The molecule has 1 aliphatic heterocycles. The molecule has 0 aromatic carbocycles. The van der Waals surface area contributed by atoms with Gasteiger partial charge >= 0.3 is 0 Å². The van der Waals surface area contributed by atoms with E-state index in [2.05, 4.69) is 32.8 Å². The summed E-state index contributed by atoms with van der Waals surface area (Å²) in [6.07, 6.45) is 4.52. The Morgan fingerprint density at radius 3 is 2.83 bits per heavy atom. The van der Waals surface area contributed by atoms with Crippen molar-refractivity contribution in [2.45, 2.75) is 58.9 Å². The molecular formula is C18H26N4OS. The highest BCUT2D eigenvalue weighted by atomic mass is 32.1. The number of aromatic nitrogens is 3. The molecule has 6 heteroatoms. The molecule has 0 spiro atoms. The van der Waals surface area contributed by atoms with E-state index in [0.29, 0.717) is 18.4 Å². The van der Waals surface area contributed by atoms with E-state index < -0.39 is 0 Å². The fraction of sp³-hybridized carbons (Fsp3) is 0.611. The zero-order valence-electron chi connectivity index (χ0n) is 15.0. The minimum atomic E-state index is 0.179. The van der Waals surface area contributed by atoms with Crippen LogP contribution in [0.3, 0.4) is 0 Å². The first kappa shape index (κ1) is 17.1. The van der Waals surface area contributed by atoms with Gasteiger partial charge in [-0.1, -0.05) is 0 Å². The lowest BCUT2D eigenvalue weighted by atomic mass is 9.98. The van der Waals surface area contributed by atoms with Crippen LogP contribution in [-0.4, -0.2) is 38.7 Å². The number of hydrogen-bond acceptors (Lipinski definition) is 4. The largest absolute Gasteiger partial charge is 0.342 e. The number of piperidine rings is 1. The highest BCUT2D eigenvalue weighted by molar-refractivity contribution is 7.11. The third kappa shape index (κ3) is 3.69. The van der Waals surface area contributed by atoms with Crippen LogP contribution in [-0.2, 0) is 11.2 Å². The number of aryl methyl sites for hydroxylation is 2. The van der Waals surface area contributed by atoms with E-state index in [1.54, 1.807) is 11.3 Å². The van der Waals surface area contributed by atoms with Gasteiger partial charge < -0.3 is 4.90 Å². The van der Waals surface area contributed by atoms with Gasteiger partial charge in [0.05, 0.1) is 22.8 Å². The molecule has 1 unspecified atom stereocenters. The maximum atomic E-state index is 12.7. The molecule has 0 aliphatic carbocycles. The van der Waals surface area contributed by atoms with Gasteiger partial charge in [-0.15, -0.1) is 11.3 Å². The molecule has 1 aliphatic rings. The summed E-state index contributed by atoms with van der Waals surface area (Å²) in [7, 11) is 0. The lowest BCUT2D eigenvalue weighted by molar-refractivity contribution is -0.131. The van der Waals surface area contributed by atoms with E-state index in [9.17, 15) is 4.79 Å². The Bertz CT molecular complexity index is 699. The first-order valence-electron chi connectivity index (χ1n) is 8.69. The van der Waals surface area contributed by atoms with Crippen molar-refractivity contribution in [1.29, 1.82) is 0 Å². The first-order valence-corrected chi connectivity index (χ1v) is 9.51. The highest BCUT2D eigenvalue weighted by Gasteiger charge is 2.27. The molecule has 1 atom stereocenters. The van der Waals surface area contributed by atoms with Crippen LogP contribution in [0.25, 0.3) is 0 Å². The number of carbonyl (C=O) groups excluding carboxylic acids is 1. The van der Waals surface area contributed by atoms with Gasteiger partial charge in [-0.3, -0.25) is 9.48 Å². The van der Waals surface area contributed by atoms with Gasteiger partial charge in [0.15, 0.2) is 0 Å². The van der Waals surface area contributed by atoms with E-state index in [1.165, 1.54) is 9.88 Å². The SMILES string of the molecule is Cc1nc(C2CCCN(C(=O)Cc3ccn(C(C)C)n3)C2)sc1C. The van der Waals surface area contributed by atoms with Gasteiger partial charge in [-0.25, -0.2) is 4.98 Å². The van der Waals surface area contributed by atoms with E-state index in [-0.39, 0.29) is 5.91 Å². The van der Waals surface area contributed by atoms with E-state index in [4.69, 9.17) is 4.98 Å². The lowest BCUT2D eigenvalue weighted by Gasteiger charge is -2.31. The molecular weight excluding hydrogens is 320 g/mol. The third-order valence-electron chi connectivity index (χ3n) is 4.69. The van der Waals surface area contributed by atoms with Gasteiger partial charge in [0.1, 0.15) is 0 Å². The van der Waals surface area contributed by atoms with Crippen LogP contribution in [0.5, 0.6) is 0 Å². The molecule has 0 radical (unpaired) electrons. The molecule has 1 amide bonds. The number of thiazole rings is 1. The first-order chi connectivity index (χ1) is 11.4. The van der Waals surface area contributed by atoms with Crippen molar-refractivity contribution in [3.05, 3.63) is 33.5 Å². The standard InChI is InChI=1S/C18H26N4OS/c1-12(2)22-9-7-16(20-22)10-17(23)21-8-5-6-15(11-21)18-19-13(3)14(4)24-18/h7,9,12,15H,5-6,8,10-11H2,1-4H3. The average Bonchev–Trinajstić information content (AvgIpc) is 3.15. The van der Waals surface area contributed by atoms with Crippen molar-refractivity contribution in [3.63, 3.8) is 0 Å². The molecule has 0 N–H and O–H groups in total. The van der Waals surface area contributed by atoms with Crippen LogP contribution in [0.4, 0.5) is 0 Å². The molecule has 2 aromatic heterocycles. The minimum absolute atomic E-state index is 0.179. The van der Waals surface area contributed by atoms with Crippen molar-refractivity contribution in [2.24, 2.45) is 0 Å². The molecule has 5 nitrogen and oxygen atoms in total. The summed E-state index contributed by atoms with van der Waals surface area (Å²) in [6, 6.07) is 2.27. The summed E-state index contributed by atoms with van der Waals surface area (Å²) in [5, 5.41) is 5.68. The number of hydrogen-bond donors (Lipinski definition) is 0. The lowest BCUT2D eigenvalue weighted by Crippen LogP contribution is -2.40. The summed E-state index contributed by atoms with van der Waals surface area (Å²) in [6.45, 7) is 10.00. The van der Waals surface area contributed by atoms with Crippen molar-refractivity contribution >= 4 is 17.2 Å². The number of nitrogens with zero attached hydrogens (tertiary/aromatic N) is 4. The number of rotatable bonds is 4. The fourth-order valence-electron chi connectivity index (χ4n) is 3.10. The minimum Gasteiger partial charge on any atom is -0.342 e. The van der Waals surface area contributed by atoms with Crippen molar-refractivity contribution in [2.75, 3.05) is 13.1 Å². The molecule has 24 heavy (non-hydrogen) atoms. The average molecular weight is 347 g/mol. The molecule has 2 aromatic rings. The van der Waals surface area contributed by atoms with Crippen LogP contribution < -0.4 is 0 Å². The topological polar surface area (TPSA) is 51.0 Å². The maximum absolute atomic E-state index is 12.7. The quantitative estimate of drug-likeness (QED) is 0.851. The predicted octanol–water partition coefficient (Wildman–Crippen LogP) is 3.49. The number of likely N-dealkylation sites (tertiary alicyclic amines) is 1. The van der Waals surface area contributed by atoms with E-state index >= 15 is 0 Å². The van der Waals surface area contributed by atoms with Crippen molar-refractivity contribution < 1.29 is 4.79 Å². The summed E-state index contributed by atoms with van der Waals surface area (Å²) in [5.74, 6) is 0.562. The Balaban J connectivity index is 1.64. The summed E-state index contributed by atoms with van der Waals surface area (Å²) < 4.78 is 1.91. The molecule has 3 heterocycles. The summed E-state index contributed by atoms with van der Waals surface area (Å²) >= 11 is 1.78. The summed E-state index contributed by atoms with van der Waals surface area (Å²) in [5.41, 5.74) is 1.98. The van der Waals surface area contributed by atoms with Gasteiger partial charge in [-0.2, -0.15) is 5.10 Å². The molecule has 0 bridgehead atoms. The number of carbonyl (C=O) groups is 1. The maximum Gasteiger partial charge on any atom is 0.228 e. The summed E-state index contributed by atoms with van der Waals surface area (Å²) in [4.78, 5) is 20.6. The number of amides is 1. The Kier molecular flexibility index (Phi) is 5.04. The molecule has 130 valence electrons. The van der Waals surface area contributed by atoms with Crippen LogP contribution in [0.2, 0.25) is 0 Å². The van der Waals surface area contributed by atoms with E-state index in [0.717, 1.165) is 37.3 Å². The molecule has 1 fully saturated rings. The second-order valence-electron chi connectivity index (χ2n) is 6.93. The Morgan fingerprint density at radius 2 is 2.21 bits per heavy atom. The van der Waals surface area contributed by atoms with Gasteiger partial charge in [0.25, 0.3) is 0 Å². The second kappa shape index (κ2) is 7.05. The monoisotopic (exact) mass is 346 g/mol. The predicted molar refractivity (Wildman–Crippen MR) is 96.5 cm³/mol. The van der Waals surface area contributed by atoms with Gasteiger partial charge in [0, 0.05) is 36.1 Å². The Hall–Kier alpha value is -1.69.